The summed E-state index contributed by atoms with van der Waals surface area (Å²) in [6.45, 7) is 1.41. The van der Waals surface area contributed by atoms with Crippen molar-refractivity contribution in [3.8, 4) is 0 Å². The average molecular weight is 263 g/mol. The second-order valence-corrected chi connectivity index (χ2v) is 3.54. The molecule has 1 aromatic heterocycles. The molecule has 0 aliphatic carbocycles. The van der Waals surface area contributed by atoms with E-state index in [2.05, 4.69) is 15.0 Å². The summed E-state index contributed by atoms with van der Waals surface area (Å²) >= 11 is 0. The Labute approximate surface area is 101 Å². The van der Waals surface area contributed by atoms with E-state index in [1.54, 1.807) is 12.1 Å². The van der Waals surface area contributed by atoms with Crippen LogP contribution in [0.15, 0.2) is 24.4 Å². The molecule has 0 aromatic carbocycles. The normalized spacial score (nSPS) is 14.7. The highest BCUT2D eigenvalue weighted by Gasteiger charge is 2.42. The standard InChI is InChI=1S/C10H12F3N3O2/c1-6(14)8(18-9(17)10(11,12)13)16-7-4-2-3-5-15-7/h2-6,8H,14H2,1H3,(H,15,16). The molecule has 1 heterocycles. The minimum Gasteiger partial charge on any atom is -0.433 e. The van der Waals surface area contributed by atoms with E-state index in [4.69, 9.17) is 5.73 Å². The van der Waals surface area contributed by atoms with Gasteiger partial charge < -0.3 is 15.8 Å². The lowest BCUT2D eigenvalue weighted by Gasteiger charge is -2.23. The fraction of sp³-hybridized carbons (Fsp3) is 0.400. The minimum absolute atomic E-state index is 0.259. The van der Waals surface area contributed by atoms with Crippen LogP contribution in [0.5, 0.6) is 0 Å². The number of ether oxygens (including phenoxy) is 1. The monoisotopic (exact) mass is 263 g/mol. The Kier molecular flexibility index (Phi) is 4.49. The number of anilines is 1. The largest absolute Gasteiger partial charge is 0.491 e. The number of hydrogen-bond acceptors (Lipinski definition) is 5. The lowest BCUT2D eigenvalue weighted by atomic mass is 10.3. The molecule has 0 fully saturated rings. The Bertz CT molecular complexity index is 395. The summed E-state index contributed by atoms with van der Waals surface area (Å²) in [6, 6.07) is 3.93. The quantitative estimate of drug-likeness (QED) is 0.632. The van der Waals surface area contributed by atoms with Gasteiger partial charge in [-0.25, -0.2) is 9.78 Å². The molecular formula is C10H12F3N3O2. The molecular weight excluding hydrogens is 251 g/mol. The first-order valence-corrected chi connectivity index (χ1v) is 5.01. The lowest BCUT2D eigenvalue weighted by Crippen LogP contribution is -2.44. The van der Waals surface area contributed by atoms with Crippen molar-refractivity contribution in [1.82, 2.24) is 4.98 Å². The third-order valence-corrected chi connectivity index (χ3v) is 1.90. The summed E-state index contributed by atoms with van der Waals surface area (Å²) in [7, 11) is 0. The number of rotatable bonds is 4. The topological polar surface area (TPSA) is 77.2 Å². The SMILES string of the molecule is CC(N)C(Nc1ccccn1)OC(=O)C(F)(F)F. The molecule has 0 aliphatic rings. The van der Waals surface area contributed by atoms with Crippen LogP contribution in [0.2, 0.25) is 0 Å². The first kappa shape index (κ1) is 14.2. The van der Waals surface area contributed by atoms with Crippen LogP contribution in [-0.2, 0) is 9.53 Å². The number of nitrogens with two attached hydrogens (primary N) is 1. The molecule has 2 unspecified atom stereocenters. The molecule has 1 rings (SSSR count). The van der Waals surface area contributed by atoms with Gasteiger partial charge in [0.25, 0.3) is 0 Å². The van der Waals surface area contributed by atoms with Crippen LogP contribution in [0.1, 0.15) is 6.92 Å². The predicted octanol–water partition coefficient (Wildman–Crippen LogP) is 1.27. The van der Waals surface area contributed by atoms with E-state index in [0.29, 0.717) is 0 Å². The van der Waals surface area contributed by atoms with E-state index in [9.17, 15) is 18.0 Å². The first-order valence-electron chi connectivity index (χ1n) is 5.01. The Morgan fingerprint density at radius 1 is 1.50 bits per heavy atom. The van der Waals surface area contributed by atoms with Crippen LogP contribution < -0.4 is 11.1 Å². The molecule has 8 heteroatoms. The Morgan fingerprint density at radius 2 is 2.17 bits per heavy atom. The van der Waals surface area contributed by atoms with Gasteiger partial charge in [0, 0.05) is 6.20 Å². The van der Waals surface area contributed by atoms with Crippen molar-refractivity contribution >= 4 is 11.8 Å². The molecule has 100 valence electrons. The van der Waals surface area contributed by atoms with Gasteiger partial charge in [-0.3, -0.25) is 0 Å². The fourth-order valence-electron chi connectivity index (χ4n) is 1.04. The van der Waals surface area contributed by atoms with Gasteiger partial charge in [-0.2, -0.15) is 13.2 Å². The van der Waals surface area contributed by atoms with Crippen LogP contribution in [0.3, 0.4) is 0 Å². The summed E-state index contributed by atoms with van der Waals surface area (Å²) in [5.74, 6) is -2.04. The maximum absolute atomic E-state index is 12.1. The minimum atomic E-state index is -5.06. The maximum atomic E-state index is 12.1. The van der Waals surface area contributed by atoms with Gasteiger partial charge in [0.1, 0.15) is 5.82 Å². The van der Waals surface area contributed by atoms with Crippen LogP contribution in [-0.4, -0.2) is 29.4 Å². The molecule has 0 saturated carbocycles. The van der Waals surface area contributed by atoms with Gasteiger partial charge in [0.15, 0.2) is 6.23 Å². The molecule has 0 spiro atoms. The molecule has 1 aromatic rings. The van der Waals surface area contributed by atoms with Gasteiger partial charge in [0.05, 0.1) is 6.04 Å². The number of esters is 1. The molecule has 18 heavy (non-hydrogen) atoms. The van der Waals surface area contributed by atoms with E-state index in [1.807, 2.05) is 0 Å². The molecule has 3 N–H and O–H groups in total. The van der Waals surface area contributed by atoms with Crippen molar-refractivity contribution in [1.29, 1.82) is 0 Å². The third-order valence-electron chi connectivity index (χ3n) is 1.90. The third kappa shape index (κ3) is 4.21. The highest BCUT2D eigenvalue weighted by atomic mass is 19.4. The van der Waals surface area contributed by atoms with Crippen molar-refractivity contribution in [2.75, 3.05) is 5.32 Å². The Balaban J connectivity index is 2.70. The van der Waals surface area contributed by atoms with Crippen molar-refractivity contribution in [3.05, 3.63) is 24.4 Å². The number of alkyl halides is 3. The summed E-state index contributed by atoms with van der Waals surface area (Å²) in [6.07, 6.45) is -4.93. The first-order chi connectivity index (χ1) is 8.30. The Morgan fingerprint density at radius 3 is 2.61 bits per heavy atom. The van der Waals surface area contributed by atoms with Gasteiger partial charge in [0.2, 0.25) is 0 Å². The number of halogens is 3. The number of nitrogens with zero attached hydrogens (tertiary/aromatic N) is 1. The highest BCUT2D eigenvalue weighted by molar-refractivity contribution is 5.76. The number of carbonyl (C=O) groups excluding carboxylic acids is 1. The van der Waals surface area contributed by atoms with E-state index in [-0.39, 0.29) is 5.82 Å². The second kappa shape index (κ2) is 5.67. The summed E-state index contributed by atoms with van der Waals surface area (Å²) < 4.78 is 40.4. The fourth-order valence-corrected chi connectivity index (χ4v) is 1.04. The van der Waals surface area contributed by atoms with E-state index < -0.39 is 24.4 Å². The lowest BCUT2D eigenvalue weighted by molar-refractivity contribution is -0.204. The van der Waals surface area contributed by atoms with E-state index in [1.165, 1.54) is 19.2 Å². The number of hydrogen-bond donors (Lipinski definition) is 2. The highest BCUT2D eigenvalue weighted by Crippen LogP contribution is 2.18. The number of nitrogens with one attached hydrogen (secondary N) is 1. The zero-order valence-corrected chi connectivity index (χ0v) is 9.44. The molecule has 0 saturated heterocycles. The number of aromatic nitrogens is 1. The number of carbonyl (C=O) groups is 1. The van der Waals surface area contributed by atoms with Crippen LogP contribution in [0.25, 0.3) is 0 Å². The van der Waals surface area contributed by atoms with Crippen LogP contribution >= 0.6 is 0 Å². The molecule has 0 bridgehead atoms. The second-order valence-electron chi connectivity index (χ2n) is 3.54. The Hall–Kier alpha value is -1.83. The maximum Gasteiger partial charge on any atom is 0.491 e. The summed E-state index contributed by atoms with van der Waals surface area (Å²) in [5, 5.41) is 2.50. The molecule has 2 atom stereocenters. The van der Waals surface area contributed by atoms with Crippen molar-refractivity contribution in [2.45, 2.75) is 25.4 Å². The van der Waals surface area contributed by atoms with Gasteiger partial charge >= 0.3 is 12.1 Å². The molecule has 0 aliphatic heterocycles. The van der Waals surface area contributed by atoms with Crippen LogP contribution in [0, 0.1) is 0 Å². The summed E-state index contributed by atoms with van der Waals surface area (Å²) in [4.78, 5) is 14.5. The molecule has 5 nitrogen and oxygen atoms in total. The molecule has 0 radical (unpaired) electrons. The molecule has 0 amide bonds. The van der Waals surface area contributed by atoms with Crippen LogP contribution in [0.4, 0.5) is 19.0 Å². The average Bonchev–Trinajstić information content (AvgIpc) is 2.28. The van der Waals surface area contributed by atoms with Crippen molar-refractivity contribution < 1.29 is 22.7 Å². The zero-order chi connectivity index (χ0) is 13.8. The van der Waals surface area contributed by atoms with Crippen molar-refractivity contribution in [2.24, 2.45) is 5.73 Å². The number of pyridine rings is 1. The van der Waals surface area contributed by atoms with Gasteiger partial charge in [-0.05, 0) is 19.1 Å². The smallest absolute Gasteiger partial charge is 0.433 e. The predicted molar refractivity (Wildman–Crippen MR) is 57.4 cm³/mol. The van der Waals surface area contributed by atoms with Gasteiger partial charge in [-0.15, -0.1) is 0 Å². The van der Waals surface area contributed by atoms with E-state index >= 15 is 0 Å². The van der Waals surface area contributed by atoms with Crippen molar-refractivity contribution in [3.63, 3.8) is 0 Å². The summed E-state index contributed by atoms with van der Waals surface area (Å²) in [5.41, 5.74) is 5.44. The zero-order valence-electron chi connectivity index (χ0n) is 9.44. The van der Waals surface area contributed by atoms with Gasteiger partial charge in [-0.1, -0.05) is 6.07 Å². The van der Waals surface area contributed by atoms with E-state index in [0.717, 1.165) is 0 Å².